The van der Waals surface area contributed by atoms with Gasteiger partial charge in [-0.2, -0.15) is 4.31 Å². The highest BCUT2D eigenvalue weighted by Gasteiger charge is 2.27. The molecule has 0 bridgehead atoms. The average molecular weight is 477 g/mol. The van der Waals surface area contributed by atoms with Crippen LogP contribution in [0, 0.1) is 13.8 Å². The van der Waals surface area contributed by atoms with Gasteiger partial charge >= 0.3 is 5.97 Å². The van der Waals surface area contributed by atoms with Gasteiger partial charge in [-0.05, 0) is 62.2 Å². The zero-order valence-corrected chi connectivity index (χ0v) is 19.7. The zero-order chi connectivity index (χ0) is 24.0. The van der Waals surface area contributed by atoms with Crippen molar-refractivity contribution in [3.63, 3.8) is 0 Å². The van der Waals surface area contributed by atoms with E-state index in [9.17, 15) is 18.0 Å². The number of hydrogen-bond acceptors (Lipinski definition) is 7. The van der Waals surface area contributed by atoms with Gasteiger partial charge in [-0.1, -0.05) is 12.1 Å². The van der Waals surface area contributed by atoms with Crippen LogP contribution < -0.4 is 10.1 Å². The minimum Gasteiger partial charge on any atom is -0.482 e. The summed E-state index contributed by atoms with van der Waals surface area (Å²) < 4.78 is 42.7. The molecule has 178 valence electrons. The molecule has 1 aliphatic rings. The largest absolute Gasteiger partial charge is 0.482 e. The highest BCUT2D eigenvalue weighted by atomic mass is 32.2. The molecule has 0 radical (unpaired) electrons. The minimum absolute atomic E-state index is 0.0636. The standard InChI is InChI=1S/C23H28N2O7S/c1-16-7-8-20(13-17(16)2)31-15-22(26)32-18(3)23(27)24-19-5-4-6-21(14-19)33(28,29)25-9-11-30-12-10-25/h4-8,13-14,18H,9-12,15H2,1-3H3,(H,24,27). The number of morpholine rings is 1. The van der Waals surface area contributed by atoms with Crippen molar-refractivity contribution in [3.05, 3.63) is 53.6 Å². The van der Waals surface area contributed by atoms with E-state index < -0.39 is 28.0 Å². The van der Waals surface area contributed by atoms with Crippen LogP contribution in [0.2, 0.25) is 0 Å². The molecule has 1 unspecified atom stereocenters. The van der Waals surface area contributed by atoms with Crippen molar-refractivity contribution in [1.29, 1.82) is 0 Å². The summed E-state index contributed by atoms with van der Waals surface area (Å²) in [5.74, 6) is -0.750. The van der Waals surface area contributed by atoms with Gasteiger partial charge in [0.1, 0.15) is 5.75 Å². The molecule has 0 spiro atoms. The summed E-state index contributed by atoms with van der Waals surface area (Å²) in [4.78, 5) is 24.6. The Balaban J connectivity index is 1.55. The average Bonchev–Trinajstić information content (AvgIpc) is 2.80. The maximum Gasteiger partial charge on any atom is 0.344 e. The van der Waals surface area contributed by atoms with Crippen molar-refractivity contribution in [2.24, 2.45) is 0 Å². The number of sulfonamides is 1. The van der Waals surface area contributed by atoms with Crippen LogP contribution in [0.25, 0.3) is 0 Å². The first kappa shape index (κ1) is 24.7. The summed E-state index contributed by atoms with van der Waals surface area (Å²) in [6.07, 6.45) is -1.10. The SMILES string of the molecule is Cc1ccc(OCC(=O)OC(C)C(=O)Nc2cccc(S(=O)(=O)N3CCOCC3)c2)cc1C. The zero-order valence-electron chi connectivity index (χ0n) is 18.9. The second-order valence-electron chi connectivity index (χ2n) is 7.70. The Bertz CT molecular complexity index is 1110. The summed E-state index contributed by atoms with van der Waals surface area (Å²) in [5, 5.41) is 2.59. The van der Waals surface area contributed by atoms with Crippen LogP contribution in [0.4, 0.5) is 5.69 Å². The van der Waals surface area contributed by atoms with Gasteiger partial charge in [0.2, 0.25) is 10.0 Å². The molecule has 1 saturated heterocycles. The molecule has 9 nitrogen and oxygen atoms in total. The number of carbonyl (C=O) groups is 2. The number of anilines is 1. The molecule has 2 aromatic rings. The number of hydrogen-bond donors (Lipinski definition) is 1. The predicted octanol–water partition coefficient (Wildman–Crippen LogP) is 2.27. The van der Waals surface area contributed by atoms with Gasteiger partial charge in [-0.15, -0.1) is 0 Å². The van der Waals surface area contributed by atoms with Crippen LogP contribution in [-0.2, 0) is 29.1 Å². The highest BCUT2D eigenvalue weighted by Crippen LogP contribution is 2.21. The number of nitrogens with one attached hydrogen (secondary N) is 1. The fraction of sp³-hybridized carbons (Fsp3) is 0.391. The maximum absolute atomic E-state index is 12.8. The Morgan fingerprint density at radius 2 is 1.82 bits per heavy atom. The second kappa shape index (κ2) is 10.8. The van der Waals surface area contributed by atoms with Crippen molar-refractivity contribution in [2.75, 3.05) is 38.2 Å². The molecule has 1 N–H and O–H groups in total. The van der Waals surface area contributed by atoms with Crippen molar-refractivity contribution in [3.8, 4) is 5.75 Å². The number of amides is 1. The third kappa shape index (κ3) is 6.53. The minimum atomic E-state index is -3.70. The fourth-order valence-electron chi connectivity index (χ4n) is 3.14. The molecule has 0 saturated carbocycles. The topological polar surface area (TPSA) is 111 Å². The Kier molecular flexibility index (Phi) is 8.06. The third-order valence-corrected chi connectivity index (χ3v) is 7.12. The maximum atomic E-state index is 12.8. The normalized spacial score (nSPS) is 15.5. The first-order valence-corrected chi connectivity index (χ1v) is 12.0. The van der Waals surface area contributed by atoms with Crippen molar-refractivity contribution >= 4 is 27.6 Å². The van der Waals surface area contributed by atoms with E-state index in [0.29, 0.717) is 19.0 Å². The summed E-state index contributed by atoms with van der Waals surface area (Å²) in [6.45, 7) is 6.23. The Morgan fingerprint density at radius 3 is 2.52 bits per heavy atom. The van der Waals surface area contributed by atoms with Gasteiger partial charge in [-0.3, -0.25) is 4.79 Å². The van der Waals surface area contributed by atoms with Gasteiger partial charge in [0, 0.05) is 18.8 Å². The number of nitrogens with zero attached hydrogens (tertiary/aromatic N) is 1. The molecule has 10 heteroatoms. The first-order chi connectivity index (χ1) is 15.7. The lowest BCUT2D eigenvalue weighted by Gasteiger charge is -2.26. The van der Waals surface area contributed by atoms with Crippen LogP contribution in [-0.4, -0.2) is 63.6 Å². The lowest BCUT2D eigenvalue weighted by Crippen LogP contribution is -2.40. The summed E-state index contributed by atoms with van der Waals surface area (Å²) in [7, 11) is -3.70. The van der Waals surface area contributed by atoms with Gasteiger partial charge < -0.3 is 19.5 Å². The van der Waals surface area contributed by atoms with Crippen molar-refractivity contribution in [2.45, 2.75) is 31.8 Å². The van der Waals surface area contributed by atoms with Gasteiger partial charge in [0.25, 0.3) is 5.91 Å². The highest BCUT2D eigenvalue weighted by molar-refractivity contribution is 7.89. The van der Waals surface area contributed by atoms with E-state index >= 15 is 0 Å². The number of esters is 1. The van der Waals surface area contributed by atoms with Gasteiger partial charge in [0.15, 0.2) is 12.7 Å². The molecule has 1 atom stereocenters. The summed E-state index contributed by atoms with van der Waals surface area (Å²) in [6, 6.07) is 11.4. The van der Waals surface area contributed by atoms with E-state index in [1.54, 1.807) is 12.1 Å². The molecular formula is C23H28N2O7S. The van der Waals surface area contributed by atoms with E-state index in [1.807, 2.05) is 26.0 Å². The molecule has 1 amide bonds. The lowest BCUT2D eigenvalue weighted by molar-refractivity contribution is -0.155. The number of aryl methyl sites for hydroxylation is 2. The predicted molar refractivity (Wildman–Crippen MR) is 122 cm³/mol. The molecule has 0 aliphatic carbocycles. The van der Waals surface area contributed by atoms with Crippen LogP contribution in [0.3, 0.4) is 0 Å². The molecule has 33 heavy (non-hydrogen) atoms. The second-order valence-corrected chi connectivity index (χ2v) is 9.64. The molecule has 1 heterocycles. The van der Waals surface area contributed by atoms with Crippen molar-refractivity contribution in [1.82, 2.24) is 4.31 Å². The first-order valence-electron chi connectivity index (χ1n) is 10.5. The van der Waals surface area contributed by atoms with E-state index in [2.05, 4.69) is 5.32 Å². The number of benzene rings is 2. The van der Waals surface area contributed by atoms with Crippen LogP contribution in [0.5, 0.6) is 5.75 Å². The summed E-state index contributed by atoms with van der Waals surface area (Å²) >= 11 is 0. The molecule has 3 rings (SSSR count). The molecule has 0 aromatic heterocycles. The van der Waals surface area contributed by atoms with E-state index in [0.717, 1.165) is 11.1 Å². The monoisotopic (exact) mass is 476 g/mol. The van der Waals surface area contributed by atoms with Gasteiger partial charge in [-0.25, -0.2) is 13.2 Å². The molecule has 2 aromatic carbocycles. The Morgan fingerprint density at radius 1 is 1.09 bits per heavy atom. The lowest BCUT2D eigenvalue weighted by atomic mass is 10.1. The van der Waals surface area contributed by atoms with Crippen LogP contribution in [0.1, 0.15) is 18.1 Å². The van der Waals surface area contributed by atoms with Crippen molar-refractivity contribution < 1.29 is 32.2 Å². The number of rotatable bonds is 8. The van der Waals surface area contributed by atoms with E-state index in [4.69, 9.17) is 14.2 Å². The Hall–Kier alpha value is -2.95. The third-order valence-electron chi connectivity index (χ3n) is 5.22. The van der Waals surface area contributed by atoms with E-state index in [-0.39, 0.29) is 30.3 Å². The van der Waals surface area contributed by atoms with Crippen LogP contribution in [0.15, 0.2) is 47.4 Å². The quantitative estimate of drug-likeness (QED) is 0.582. The Labute approximate surface area is 193 Å². The summed E-state index contributed by atoms with van der Waals surface area (Å²) in [5.41, 5.74) is 2.42. The molecule has 1 aliphatic heterocycles. The smallest absolute Gasteiger partial charge is 0.344 e. The van der Waals surface area contributed by atoms with E-state index in [1.165, 1.54) is 29.4 Å². The number of ether oxygens (including phenoxy) is 3. The van der Waals surface area contributed by atoms with Gasteiger partial charge in [0.05, 0.1) is 18.1 Å². The molecule has 1 fully saturated rings. The number of carbonyl (C=O) groups excluding carboxylic acids is 2. The molecular weight excluding hydrogens is 448 g/mol. The van der Waals surface area contributed by atoms with Crippen LogP contribution >= 0.6 is 0 Å². The fourth-order valence-corrected chi connectivity index (χ4v) is 4.60.